The summed E-state index contributed by atoms with van der Waals surface area (Å²) in [5.74, 6) is 1.10. The molecule has 3 rings (SSSR count). The van der Waals surface area contributed by atoms with Crippen LogP contribution in [0.15, 0.2) is 59.1 Å². The lowest BCUT2D eigenvalue weighted by atomic mass is 10.1. The number of carbonyl (C=O) groups excluding carboxylic acids is 1. The van der Waals surface area contributed by atoms with Gasteiger partial charge in [-0.15, -0.1) is 11.3 Å². The highest BCUT2D eigenvalue weighted by atomic mass is 32.1. The molecule has 128 valence electrons. The summed E-state index contributed by atoms with van der Waals surface area (Å²) in [5, 5.41) is 1.91. The Morgan fingerprint density at radius 2 is 2.16 bits per heavy atom. The number of aliphatic imine (C=N–C) groups is 1. The topological polar surface area (TPSA) is 57.1 Å². The number of rotatable bonds is 7. The van der Waals surface area contributed by atoms with Crippen molar-refractivity contribution >= 4 is 29.3 Å². The van der Waals surface area contributed by atoms with E-state index in [1.165, 1.54) is 11.3 Å². The lowest BCUT2D eigenvalue weighted by Crippen LogP contribution is -2.03. The lowest BCUT2D eigenvalue weighted by molar-refractivity contribution is -0.129. The number of cyclic esters (lactones) is 1. The molecule has 1 aromatic carbocycles. The van der Waals surface area contributed by atoms with Crippen LogP contribution in [-0.2, 0) is 9.53 Å². The van der Waals surface area contributed by atoms with Gasteiger partial charge in [0.1, 0.15) is 6.61 Å². The molecule has 0 aliphatic carbocycles. The molecular formula is C19H17NO4S. The van der Waals surface area contributed by atoms with Gasteiger partial charge in [-0.2, -0.15) is 0 Å². The SMILES string of the molecule is C=CCOc1ccc(/C=C2\N=C(c3cccs3)OC2=O)cc1OCC. The maximum Gasteiger partial charge on any atom is 0.363 e. The summed E-state index contributed by atoms with van der Waals surface area (Å²) in [6, 6.07) is 9.18. The number of thiophene rings is 1. The molecular weight excluding hydrogens is 338 g/mol. The summed E-state index contributed by atoms with van der Waals surface area (Å²) >= 11 is 1.47. The third kappa shape index (κ3) is 3.97. The number of benzene rings is 1. The fraction of sp³-hybridized carbons (Fsp3) is 0.158. The second kappa shape index (κ2) is 7.81. The quantitative estimate of drug-likeness (QED) is 0.427. The third-order valence-electron chi connectivity index (χ3n) is 3.28. The summed E-state index contributed by atoms with van der Waals surface area (Å²) in [7, 11) is 0. The molecule has 0 bridgehead atoms. The van der Waals surface area contributed by atoms with E-state index < -0.39 is 5.97 Å². The van der Waals surface area contributed by atoms with Crippen LogP contribution in [0.25, 0.3) is 6.08 Å². The molecule has 0 atom stereocenters. The van der Waals surface area contributed by atoms with Gasteiger partial charge >= 0.3 is 5.97 Å². The largest absolute Gasteiger partial charge is 0.490 e. The Labute approximate surface area is 149 Å². The molecule has 0 fully saturated rings. The first kappa shape index (κ1) is 17.0. The van der Waals surface area contributed by atoms with E-state index in [0.717, 1.165) is 10.4 Å². The Hall–Kier alpha value is -2.86. The molecule has 1 aliphatic heterocycles. The Kier molecular flexibility index (Phi) is 5.30. The summed E-state index contributed by atoms with van der Waals surface area (Å²) < 4.78 is 16.4. The Bertz CT molecular complexity index is 837. The third-order valence-corrected chi connectivity index (χ3v) is 4.14. The molecule has 0 radical (unpaired) electrons. The molecule has 5 nitrogen and oxygen atoms in total. The molecule has 0 N–H and O–H groups in total. The summed E-state index contributed by atoms with van der Waals surface area (Å²) in [6.45, 7) is 6.43. The minimum atomic E-state index is -0.464. The molecule has 0 saturated carbocycles. The summed E-state index contributed by atoms with van der Waals surface area (Å²) in [6.07, 6.45) is 3.34. The minimum Gasteiger partial charge on any atom is -0.490 e. The maximum atomic E-state index is 12.0. The van der Waals surface area contributed by atoms with E-state index in [1.807, 2.05) is 30.5 Å². The first-order valence-electron chi connectivity index (χ1n) is 7.78. The average Bonchev–Trinajstić information content (AvgIpc) is 3.25. The van der Waals surface area contributed by atoms with Crippen LogP contribution < -0.4 is 9.47 Å². The zero-order chi connectivity index (χ0) is 17.6. The van der Waals surface area contributed by atoms with E-state index in [-0.39, 0.29) is 5.70 Å². The van der Waals surface area contributed by atoms with Crippen molar-refractivity contribution in [3.8, 4) is 11.5 Å². The van der Waals surface area contributed by atoms with E-state index in [0.29, 0.717) is 30.6 Å². The van der Waals surface area contributed by atoms with Crippen LogP contribution in [0.5, 0.6) is 11.5 Å². The molecule has 1 aliphatic rings. The first-order chi connectivity index (χ1) is 12.2. The molecule has 2 aromatic rings. The van der Waals surface area contributed by atoms with Gasteiger partial charge in [-0.25, -0.2) is 9.79 Å². The number of ether oxygens (including phenoxy) is 3. The van der Waals surface area contributed by atoms with Crippen molar-refractivity contribution < 1.29 is 19.0 Å². The van der Waals surface area contributed by atoms with Gasteiger partial charge in [0, 0.05) is 0 Å². The minimum absolute atomic E-state index is 0.255. The fourth-order valence-corrected chi connectivity index (χ4v) is 2.87. The predicted molar refractivity (Wildman–Crippen MR) is 98.2 cm³/mol. The van der Waals surface area contributed by atoms with Crippen LogP contribution >= 0.6 is 11.3 Å². The van der Waals surface area contributed by atoms with Crippen molar-refractivity contribution in [1.82, 2.24) is 0 Å². The maximum absolute atomic E-state index is 12.0. The number of hydrogen-bond donors (Lipinski definition) is 0. The van der Waals surface area contributed by atoms with Gasteiger partial charge < -0.3 is 14.2 Å². The number of hydrogen-bond acceptors (Lipinski definition) is 6. The van der Waals surface area contributed by atoms with E-state index in [1.54, 1.807) is 24.3 Å². The van der Waals surface area contributed by atoms with Crippen molar-refractivity contribution in [2.75, 3.05) is 13.2 Å². The molecule has 0 spiro atoms. The van der Waals surface area contributed by atoms with Gasteiger partial charge in [0.25, 0.3) is 0 Å². The Balaban J connectivity index is 1.88. The van der Waals surface area contributed by atoms with Gasteiger partial charge in [0.2, 0.25) is 5.90 Å². The number of carbonyl (C=O) groups is 1. The molecule has 0 unspecified atom stereocenters. The molecule has 2 heterocycles. The van der Waals surface area contributed by atoms with Crippen LogP contribution in [0.4, 0.5) is 0 Å². The van der Waals surface area contributed by atoms with Crippen molar-refractivity contribution in [1.29, 1.82) is 0 Å². The van der Waals surface area contributed by atoms with Crippen LogP contribution in [0.1, 0.15) is 17.4 Å². The van der Waals surface area contributed by atoms with Crippen molar-refractivity contribution in [2.45, 2.75) is 6.92 Å². The highest BCUT2D eigenvalue weighted by molar-refractivity contribution is 7.12. The number of nitrogens with zero attached hydrogens (tertiary/aromatic N) is 1. The standard InChI is InChI=1S/C19H17NO4S/c1-3-9-23-15-8-7-13(12-16(15)22-4-2)11-14-19(21)24-18(20-14)17-6-5-10-25-17/h3,5-8,10-12H,1,4,9H2,2H3/b14-11-. The number of esters is 1. The van der Waals surface area contributed by atoms with Gasteiger partial charge in [0.05, 0.1) is 11.5 Å². The molecule has 1 aromatic heterocycles. The molecule has 0 saturated heterocycles. The Morgan fingerprint density at radius 3 is 2.88 bits per heavy atom. The van der Waals surface area contributed by atoms with Crippen molar-refractivity contribution in [2.24, 2.45) is 4.99 Å². The molecule has 25 heavy (non-hydrogen) atoms. The van der Waals surface area contributed by atoms with Crippen LogP contribution in [0.3, 0.4) is 0 Å². The second-order valence-electron chi connectivity index (χ2n) is 5.05. The molecule has 0 amide bonds. The molecule has 6 heteroatoms. The van der Waals surface area contributed by atoms with Gasteiger partial charge in [0.15, 0.2) is 17.2 Å². The first-order valence-corrected chi connectivity index (χ1v) is 8.66. The van der Waals surface area contributed by atoms with Crippen LogP contribution in [-0.4, -0.2) is 25.1 Å². The Morgan fingerprint density at radius 1 is 1.28 bits per heavy atom. The average molecular weight is 355 g/mol. The van der Waals surface area contributed by atoms with E-state index in [4.69, 9.17) is 14.2 Å². The van der Waals surface area contributed by atoms with Gasteiger partial charge in [-0.1, -0.05) is 24.8 Å². The zero-order valence-electron chi connectivity index (χ0n) is 13.7. The normalized spacial score (nSPS) is 15.0. The van der Waals surface area contributed by atoms with Gasteiger partial charge in [-0.05, 0) is 42.1 Å². The monoisotopic (exact) mass is 355 g/mol. The van der Waals surface area contributed by atoms with E-state index in [2.05, 4.69) is 11.6 Å². The predicted octanol–water partition coefficient (Wildman–Crippen LogP) is 4.06. The van der Waals surface area contributed by atoms with Crippen molar-refractivity contribution in [3.63, 3.8) is 0 Å². The summed E-state index contributed by atoms with van der Waals surface area (Å²) in [4.78, 5) is 17.1. The van der Waals surface area contributed by atoms with Crippen molar-refractivity contribution in [3.05, 3.63) is 64.5 Å². The smallest absolute Gasteiger partial charge is 0.363 e. The zero-order valence-corrected chi connectivity index (χ0v) is 14.5. The second-order valence-corrected chi connectivity index (χ2v) is 6.00. The van der Waals surface area contributed by atoms with Gasteiger partial charge in [-0.3, -0.25) is 0 Å². The summed E-state index contributed by atoms with van der Waals surface area (Å²) in [5.41, 5.74) is 1.03. The highest BCUT2D eigenvalue weighted by Gasteiger charge is 2.24. The highest BCUT2D eigenvalue weighted by Crippen LogP contribution is 2.30. The fourth-order valence-electron chi connectivity index (χ4n) is 2.22. The van der Waals surface area contributed by atoms with Crippen LogP contribution in [0.2, 0.25) is 0 Å². The van der Waals surface area contributed by atoms with Crippen LogP contribution in [0, 0.1) is 0 Å². The van der Waals surface area contributed by atoms with E-state index in [9.17, 15) is 4.79 Å². The van der Waals surface area contributed by atoms with E-state index >= 15 is 0 Å². The lowest BCUT2D eigenvalue weighted by Gasteiger charge is -2.11.